The standard InChI is InChI=1S/C14H23N3O2/c1-9-6-5-7-17(8-9)13(14(18)19)12-10(2)15-16(4)11(12)3/h9,13H,5-8H2,1-4H3,(H,18,19). The fourth-order valence-electron chi connectivity index (χ4n) is 3.11. The van der Waals surface area contributed by atoms with Crippen LogP contribution in [0.5, 0.6) is 0 Å². The molecule has 1 aliphatic heterocycles. The second kappa shape index (κ2) is 5.33. The molecule has 1 saturated heterocycles. The summed E-state index contributed by atoms with van der Waals surface area (Å²) >= 11 is 0. The quantitative estimate of drug-likeness (QED) is 0.906. The molecule has 1 aliphatic rings. The highest BCUT2D eigenvalue weighted by Gasteiger charge is 2.34. The molecule has 2 atom stereocenters. The summed E-state index contributed by atoms with van der Waals surface area (Å²) < 4.78 is 1.77. The van der Waals surface area contributed by atoms with E-state index in [1.165, 1.54) is 6.42 Å². The lowest BCUT2D eigenvalue weighted by Gasteiger charge is -2.35. The van der Waals surface area contributed by atoms with Crippen LogP contribution < -0.4 is 0 Å². The summed E-state index contributed by atoms with van der Waals surface area (Å²) in [5, 5.41) is 14.0. The number of aryl methyl sites for hydroxylation is 2. The molecule has 19 heavy (non-hydrogen) atoms. The fourth-order valence-corrected chi connectivity index (χ4v) is 3.11. The van der Waals surface area contributed by atoms with Crippen LogP contribution in [0.1, 0.15) is 42.8 Å². The zero-order valence-corrected chi connectivity index (χ0v) is 12.2. The average molecular weight is 265 g/mol. The number of rotatable bonds is 3. The number of hydrogen-bond acceptors (Lipinski definition) is 3. The monoisotopic (exact) mass is 265 g/mol. The minimum Gasteiger partial charge on any atom is -0.480 e. The molecular weight excluding hydrogens is 242 g/mol. The first kappa shape index (κ1) is 14.1. The van der Waals surface area contributed by atoms with Gasteiger partial charge in [-0.2, -0.15) is 5.10 Å². The first-order valence-electron chi connectivity index (χ1n) is 6.88. The molecule has 2 heterocycles. The van der Waals surface area contributed by atoms with Crippen molar-refractivity contribution in [3.05, 3.63) is 17.0 Å². The average Bonchev–Trinajstić information content (AvgIpc) is 2.56. The van der Waals surface area contributed by atoms with Gasteiger partial charge < -0.3 is 5.11 Å². The molecule has 5 nitrogen and oxygen atoms in total. The van der Waals surface area contributed by atoms with E-state index >= 15 is 0 Å². The highest BCUT2D eigenvalue weighted by atomic mass is 16.4. The molecule has 1 fully saturated rings. The molecule has 5 heteroatoms. The highest BCUT2D eigenvalue weighted by Crippen LogP contribution is 2.30. The molecule has 1 aromatic heterocycles. The Morgan fingerprint density at radius 1 is 1.47 bits per heavy atom. The van der Waals surface area contributed by atoms with Crippen molar-refractivity contribution in [2.45, 2.75) is 39.7 Å². The second-order valence-corrected chi connectivity index (χ2v) is 5.69. The molecule has 0 saturated carbocycles. The molecule has 1 N–H and O–H groups in total. The lowest BCUT2D eigenvalue weighted by atomic mass is 9.95. The third kappa shape index (κ3) is 2.66. The Morgan fingerprint density at radius 3 is 2.63 bits per heavy atom. The summed E-state index contributed by atoms with van der Waals surface area (Å²) in [6.45, 7) is 7.73. The number of piperidine rings is 1. The van der Waals surface area contributed by atoms with E-state index in [-0.39, 0.29) is 0 Å². The Kier molecular flexibility index (Phi) is 3.94. The maximum atomic E-state index is 11.7. The maximum absolute atomic E-state index is 11.7. The minimum absolute atomic E-state index is 0.559. The zero-order valence-electron chi connectivity index (χ0n) is 12.2. The summed E-state index contributed by atoms with van der Waals surface area (Å²) in [4.78, 5) is 13.8. The Morgan fingerprint density at radius 2 is 2.16 bits per heavy atom. The van der Waals surface area contributed by atoms with Crippen molar-refractivity contribution in [3.63, 3.8) is 0 Å². The number of carboxylic acid groups (broad SMARTS) is 1. The summed E-state index contributed by atoms with van der Waals surface area (Å²) in [6.07, 6.45) is 2.26. The topological polar surface area (TPSA) is 58.4 Å². The van der Waals surface area contributed by atoms with Crippen LogP contribution in [0.15, 0.2) is 0 Å². The van der Waals surface area contributed by atoms with Gasteiger partial charge in [-0.25, -0.2) is 0 Å². The summed E-state index contributed by atoms with van der Waals surface area (Å²) in [6, 6.07) is -0.559. The smallest absolute Gasteiger partial charge is 0.325 e. The van der Waals surface area contributed by atoms with Crippen LogP contribution in [0, 0.1) is 19.8 Å². The van der Waals surface area contributed by atoms with E-state index in [1.807, 2.05) is 20.9 Å². The third-order valence-corrected chi connectivity index (χ3v) is 4.13. The molecule has 106 valence electrons. The summed E-state index contributed by atoms with van der Waals surface area (Å²) in [7, 11) is 1.86. The zero-order chi connectivity index (χ0) is 14.2. The summed E-state index contributed by atoms with van der Waals surface area (Å²) in [5.74, 6) is -0.207. The van der Waals surface area contributed by atoms with Crippen molar-refractivity contribution >= 4 is 5.97 Å². The van der Waals surface area contributed by atoms with Gasteiger partial charge in [0.05, 0.1) is 5.69 Å². The summed E-state index contributed by atoms with van der Waals surface area (Å²) in [5.41, 5.74) is 2.64. The minimum atomic E-state index is -0.770. The molecule has 0 amide bonds. The lowest BCUT2D eigenvalue weighted by molar-refractivity contribution is -0.144. The third-order valence-electron chi connectivity index (χ3n) is 4.13. The molecule has 0 aromatic carbocycles. The molecule has 1 aromatic rings. The number of hydrogen-bond donors (Lipinski definition) is 1. The second-order valence-electron chi connectivity index (χ2n) is 5.69. The van der Waals surface area contributed by atoms with Gasteiger partial charge in [-0.1, -0.05) is 6.92 Å². The SMILES string of the molecule is Cc1nn(C)c(C)c1C(C(=O)O)N1CCCC(C)C1. The predicted octanol–water partition coefficient (Wildman–Crippen LogP) is 1.89. The Bertz CT molecular complexity index is 481. The Balaban J connectivity index is 2.37. The van der Waals surface area contributed by atoms with Crippen LogP contribution in [0.2, 0.25) is 0 Å². The van der Waals surface area contributed by atoms with Crippen molar-refractivity contribution in [2.24, 2.45) is 13.0 Å². The fraction of sp³-hybridized carbons (Fsp3) is 0.714. The predicted molar refractivity (Wildman–Crippen MR) is 73.0 cm³/mol. The van der Waals surface area contributed by atoms with Gasteiger partial charge in [-0.3, -0.25) is 14.4 Å². The van der Waals surface area contributed by atoms with Crippen molar-refractivity contribution in [3.8, 4) is 0 Å². The number of carboxylic acids is 1. The lowest BCUT2D eigenvalue weighted by Crippen LogP contribution is -2.41. The van der Waals surface area contributed by atoms with E-state index in [2.05, 4.69) is 16.9 Å². The number of nitrogens with zero attached hydrogens (tertiary/aromatic N) is 3. The van der Waals surface area contributed by atoms with E-state index in [1.54, 1.807) is 4.68 Å². The van der Waals surface area contributed by atoms with Gasteiger partial charge in [0.2, 0.25) is 0 Å². The van der Waals surface area contributed by atoms with E-state index in [0.29, 0.717) is 5.92 Å². The largest absolute Gasteiger partial charge is 0.480 e. The van der Waals surface area contributed by atoms with Crippen molar-refractivity contribution in [2.75, 3.05) is 13.1 Å². The van der Waals surface area contributed by atoms with E-state index in [0.717, 1.165) is 36.5 Å². The van der Waals surface area contributed by atoms with Crippen LogP contribution in [-0.4, -0.2) is 38.8 Å². The normalized spacial score (nSPS) is 22.4. The first-order chi connectivity index (χ1) is 8.91. The molecule has 2 rings (SSSR count). The highest BCUT2D eigenvalue weighted by molar-refractivity contribution is 5.76. The van der Waals surface area contributed by atoms with E-state index < -0.39 is 12.0 Å². The number of likely N-dealkylation sites (tertiary alicyclic amines) is 1. The molecule has 0 radical (unpaired) electrons. The van der Waals surface area contributed by atoms with E-state index in [9.17, 15) is 9.90 Å². The van der Waals surface area contributed by atoms with Crippen LogP contribution >= 0.6 is 0 Å². The van der Waals surface area contributed by atoms with Crippen LogP contribution in [-0.2, 0) is 11.8 Å². The van der Waals surface area contributed by atoms with Crippen molar-refractivity contribution in [1.29, 1.82) is 0 Å². The molecule has 2 unspecified atom stereocenters. The van der Waals surface area contributed by atoms with Gasteiger partial charge in [0, 0.05) is 24.8 Å². The van der Waals surface area contributed by atoms with Crippen LogP contribution in [0.3, 0.4) is 0 Å². The van der Waals surface area contributed by atoms with Crippen molar-refractivity contribution < 1.29 is 9.90 Å². The molecule has 0 aliphatic carbocycles. The van der Waals surface area contributed by atoms with Crippen LogP contribution in [0.25, 0.3) is 0 Å². The van der Waals surface area contributed by atoms with Gasteiger partial charge in [-0.15, -0.1) is 0 Å². The molecule has 0 spiro atoms. The van der Waals surface area contributed by atoms with Gasteiger partial charge >= 0.3 is 5.97 Å². The first-order valence-corrected chi connectivity index (χ1v) is 6.88. The number of aliphatic carboxylic acids is 1. The van der Waals surface area contributed by atoms with Gasteiger partial charge in [0.1, 0.15) is 6.04 Å². The van der Waals surface area contributed by atoms with Crippen LogP contribution in [0.4, 0.5) is 0 Å². The Labute approximate surface area is 114 Å². The molecule has 0 bridgehead atoms. The Hall–Kier alpha value is -1.36. The number of carbonyl (C=O) groups is 1. The van der Waals surface area contributed by atoms with E-state index in [4.69, 9.17) is 0 Å². The van der Waals surface area contributed by atoms with Gasteiger partial charge in [-0.05, 0) is 39.2 Å². The molecular formula is C14H23N3O2. The van der Waals surface area contributed by atoms with Crippen molar-refractivity contribution in [1.82, 2.24) is 14.7 Å². The maximum Gasteiger partial charge on any atom is 0.325 e. The number of aromatic nitrogens is 2. The van der Waals surface area contributed by atoms with Gasteiger partial charge in [0.15, 0.2) is 0 Å². The van der Waals surface area contributed by atoms with Gasteiger partial charge in [0.25, 0.3) is 0 Å².